The van der Waals surface area contributed by atoms with Gasteiger partial charge in [0.05, 0.1) is 5.92 Å². The molecule has 1 rings (SSSR count). The van der Waals surface area contributed by atoms with Crippen LogP contribution in [0.3, 0.4) is 0 Å². The van der Waals surface area contributed by atoms with Crippen molar-refractivity contribution in [3.05, 3.63) is 0 Å². The maximum absolute atomic E-state index is 12.2. The Morgan fingerprint density at radius 1 is 1.40 bits per heavy atom. The minimum Gasteiger partial charge on any atom is -0.480 e. The Hall–Kier alpha value is -1.59. The molecule has 1 N–H and O–H groups in total. The number of hydrogen-bond donors (Lipinski definition) is 1. The number of nitrogens with zero attached hydrogens (tertiary/aromatic N) is 2. The number of hydrogen-bond acceptors (Lipinski definition) is 3. The first kappa shape index (κ1) is 16.5. The van der Waals surface area contributed by atoms with E-state index in [0.717, 1.165) is 12.8 Å². The number of piperidine rings is 1. The average molecular weight is 284 g/mol. The van der Waals surface area contributed by atoms with Crippen LogP contribution in [0, 0.1) is 11.8 Å². The molecule has 1 fully saturated rings. The van der Waals surface area contributed by atoms with Crippen LogP contribution < -0.4 is 0 Å². The standard InChI is InChI=1S/C14H24N2O4/c1-4-10(2)13(19)16-7-5-6-11(8-16)14(20)15(3)9-12(17)18/h10-11H,4-9H2,1-3H3,(H,17,18). The van der Waals surface area contributed by atoms with Gasteiger partial charge in [0.15, 0.2) is 0 Å². The van der Waals surface area contributed by atoms with Crippen LogP contribution in [0.4, 0.5) is 0 Å². The number of likely N-dealkylation sites (N-methyl/N-ethyl adjacent to an activating group) is 1. The molecule has 0 aromatic heterocycles. The zero-order valence-corrected chi connectivity index (χ0v) is 12.5. The molecule has 20 heavy (non-hydrogen) atoms. The third-order valence-electron chi connectivity index (χ3n) is 3.86. The summed E-state index contributed by atoms with van der Waals surface area (Å²) in [4.78, 5) is 37.9. The lowest BCUT2D eigenvalue weighted by atomic mass is 9.95. The van der Waals surface area contributed by atoms with Crippen molar-refractivity contribution < 1.29 is 19.5 Å². The minimum atomic E-state index is -1.02. The third-order valence-corrected chi connectivity index (χ3v) is 3.86. The molecule has 0 spiro atoms. The largest absolute Gasteiger partial charge is 0.480 e. The van der Waals surface area contributed by atoms with E-state index in [9.17, 15) is 14.4 Å². The predicted octanol–water partition coefficient (Wildman–Crippen LogP) is 0.814. The van der Waals surface area contributed by atoms with Crippen molar-refractivity contribution in [2.24, 2.45) is 11.8 Å². The molecule has 6 heteroatoms. The summed E-state index contributed by atoms with van der Waals surface area (Å²) in [6.07, 6.45) is 2.29. The Labute approximate surface area is 119 Å². The van der Waals surface area contributed by atoms with E-state index in [0.29, 0.717) is 19.5 Å². The van der Waals surface area contributed by atoms with Crippen molar-refractivity contribution in [2.75, 3.05) is 26.7 Å². The van der Waals surface area contributed by atoms with Gasteiger partial charge in [-0.3, -0.25) is 14.4 Å². The number of likely N-dealkylation sites (tertiary alicyclic amines) is 1. The smallest absolute Gasteiger partial charge is 0.323 e. The van der Waals surface area contributed by atoms with Gasteiger partial charge in [-0.2, -0.15) is 0 Å². The maximum Gasteiger partial charge on any atom is 0.323 e. The summed E-state index contributed by atoms with van der Waals surface area (Å²) >= 11 is 0. The second-order valence-corrected chi connectivity index (χ2v) is 5.52. The van der Waals surface area contributed by atoms with Crippen molar-refractivity contribution in [3.8, 4) is 0 Å². The molecule has 2 amide bonds. The molecule has 0 aromatic carbocycles. The predicted molar refractivity (Wildman–Crippen MR) is 74.0 cm³/mol. The summed E-state index contributed by atoms with van der Waals surface area (Å²) in [7, 11) is 1.49. The van der Waals surface area contributed by atoms with Gasteiger partial charge in [0.25, 0.3) is 0 Å². The molecule has 1 aliphatic heterocycles. The number of rotatable bonds is 5. The fourth-order valence-electron chi connectivity index (χ4n) is 2.46. The van der Waals surface area contributed by atoms with Crippen LogP contribution in [0.25, 0.3) is 0 Å². The topological polar surface area (TPSA) is 77.9 Å². The first-order chi connectivity index (χ1) is 9.36. The van der Waals surface area contributed by atoms with Crippen LogP contribution >= 0.6 is 0 Å². The molecular formula is C14H24N2O4. The fourth-order valence-corrected chi connectivity index (χ4v) is 2.46. The van der Waals surface area contributed by atoms with E-state index >= 15 is 0 Å². The summed E-state index contributed by atoms with van der Waals surface area (Å²) < 4.78 is 0. The number of carbonyl (C=O) groups excluding carboxylic acids is 2. The Bertz CT molecular complexity index is 383. The fraction of sp³-hybridized carbons (Fsp3) is 0.786. The highest BCUT2D eigenvalue weighted by Gasteiger charge is 2.31. The second-order valence-electron chi connectivity index (χ2n) is 5.52. The normalized spacial score (nSPS) is 20.4. The van der Waals surface area contributed by atoms with Crippen molar-refractivity contribution >= 4 is 17.8 Å². The molecule has 0 aromatic rings. The monoisotopic (exact) mass is 284 g/mol. The van der Waals surface area contributed by atoms with Crippen molar-refractivity contribution in [3.63, 3.8) is 0 Å². The highest BCUT2D eigenvalue weighted by atomic mass is 16.4. The van der Waals surface area contributed by atoms with Gasteiger partial charge in [-0.05, 0) is 19.3 Å². The zero-order valence-electron chi connectivity index (χ0n) is 12.5. The lowest BCUT2D eigenvalue weighted by Crippen LogP contribution is -2.47. The maximum atomic E-state index is 12.2. The quantitative estimate of drug-likeness (QED) is 0.810. The van der Waals surface area contributed by atoms with Gasteiger partial charge in [-0.15, -0.1) is 0 Å². The van der Waals surface area contributed by atoms with E-state index in [1.54, 1.807) is 4.90 Å². The SMILES string of the molecule is CCC(C)C(=O)N1CCCC(C(=O)N(C)CC(=O)O)C1. The minimum absolute atomic E-state index is 0.0272. The Balaban J connectivity index is 2.62. The molecule has 2 unspecified atom stereocenters. The summed E-state index contributed by atoms with van der Waals surface area (Å²) in [5.41, 5.74) is 0. The van der Waals surface area contributed by atoms with Gasteiger partial charge >= 0.3 is 5.97 Å². The molecule has 1 aliphatic rings. The van der Waals surface area contributed by atoms with Gasteiger partial charge in [0.1, 0.15) is 6.54 Å². The van der Waals surface area contributed by atoms with Crippen LogP contribution in [-0.2, 0) is 14.4 Å². The Morgan fingerprint density at radius 3 is 2.60 bits per heavy atom. The van der Waals surface area contributed by atoms with Crippen LogP contribution in [0.1, 0.15) is 33.1 Å². The second kappa shape index (κ2) is 7.26. The summed E-state index contributed by atoms with van der Waals surface area (Å²) in [5.74, 6) is -1.43. The molecule has 6 nitrogen and oxygen atoms in total. The molecule has 1 heterocycles. The molecule has 2 atom stereocenters. The van der Waals surface area contributed by atoms with Crippen LogP contribution in [0.5, 0.6) is 0 Å². The number of carboxylic acid groups (broad SMARTS) is 1. The first-order valence-corrected chi connectivity index (χ1v) is 7.12. The molecule has 0 saturated carbocycles. The molecule has 114 valence electrons. The van der Waals surface area contributed by atoms with Gasteiger partial charge in [0.2, 0.25) is 11.8 Å². The first-order valence-electron chi connectivity index (χ1n) is 7.12. The van der Waals surface area contributed by atoms with E-state index in [-0.39, 0.29) is 30.2 Å². The van der Waals surface area contributed by atoms with Crippen LogP contribution in [0.2, 0.25) is 0 Å². The van der Waals surface area contributed by atoms with Gasteiger partial charge in [-0.1, -0.05) is 13.8 Å². The number of carboxylic acids is 1. The number of aliphatic carboxylic acids is 1. The number of amides is 2. The van der Waals surface area contributed by atoms with Crippen molar-refractivity contribution in [1.82, 2.24) is 9.80 Å². The summed E-state index contributed by atoms with van der Waals surface area (Å²) in [5, 5.41) is 8.72. The highest BCUT2D eigenvalue weighted by molar-refractivity contribution is 5.84. The zero-order chi connectivity index (χ0) is 15.3. The van der Waals surface area contributed by atoms with Crippen molar-refractivity contribution in [2.45, 2.75) is 33.1 Å². The van der Waals surface area contributed by atoms with Crippen LogP contribution in [0.15, 0.2) is 0 Å². The lowest BCUT2D eigenvalue weighted by Gasteiger charge is -2.35. The van der Waals surface area contributed by atoms with Gasteiger partial charge < -0.3 is 14.9 Å². The Morgan fingerprint density at radius 2 is 2.05 bits per heavy atom. The Kier molecular flexibility index (Phi) is 5.98. The van der Waals surface area contributed by atoms with E-state index in [4.69, 9.17) is 5.11 Å². The molecule has 1 saturated heterocycles. The third kappa shape index (κ3) is 4.21. The van der Waals surface area contributed by atoms with E-state index in [2.05, 4.69) is 0 Å². The summed E-state index contributed by atoms with van der Waals surface area (Å²) in [6.45, 7) is 4.66. The average Bonchev–Trinajstić information content (AvgIpc) is 2.44. The number of carbonyl (C=O) groups is 3. The molecule has 0 radical (unpaired) electrons. The van der Waals surface area contributed by atoms with Crippen molar-refractivity contribution in [1.29, 1.82) is 0 Å². The van der Waals surface area contributed by atoms with E-state index in [1.165, 1.54) is 11.9 Å². The molecule has 0 bridgehead atoms. The lowest BCUT2D eigenvalue weighted by molar-refractivity contribution is -0.147. The summed E-state index contributed by atoms with van der Waals surface area (Å²) in [6, 6.07) is 0. The van der Waals surface area contributed by atoms with Gasteiger partial charge in [0, 0.05) is 26.1 Å². The molecule has 0 aliphatic carbocycles. The van der Waals surface area contributed by atoms with E-state index < -0.39 is 5.97 Å². The van der Waals surface area contributed by atoms with E-state index in [1.807, 2.05) is 13.8 Å². The highest BCUT2D eigenvalue weighted by Crippen LogP contribution is 2.20. The molecular weight excluding hydrogens is 260 g/mol. The van der Waals surface area contributed by atoms with Gasteiger partial charge in [-0.25, -0.2) is 0 Å². The van der Waals surface area contributed by atoms with Crippen LogP contribution in [-0.4, -0.2) is 59.4 Å².